The standard InChI is InChI=1S/C73H145NO5/c1-3-5-7-9-11-13-15-17-19-37-41-45-49-53-57-61-65-71(76)70(69-75)74-72(77)66-62-58-54-50-46-42-38-35-33-31-29-27-25-23-21-22-24-26-28-30-32-34-36-40-44-48-52-56-60-64-68-79-73(78)67-63-59-55-51-47-43-39-20-18-16-14-12-10-8-6-4-2/h70-71,75-76H,3-69H2,1-2H3,(H,74,77). The van der Waals surface area contributed by atoms with Crippen molar-refractivity contribution >= 4 is 11.9 Å². The fourth-order valence-electron chi connectivity index (χ4n) is 12.1. The van der Waals surface area contributed by atoms with Crippen LogP contribution in [-0.2, 0) is 14.3 Å². The number of esters is 1. The van der Waals surface area contributed by atoms with Gasteiger partial charge < -0.3 is 20.3 Å². The van der Waals surface area contributed by atoms with Crippen molar-refractivity contribution in [2.75, 3.05) is 13.2 Å². The molecule has 0 aliphatic carbocycles. The first-order valence-corrected chi connectivity index (χ1v) is 36.8. The number of aliphatic hydroxyl groups is 2. The zero-order valence-corrected chi connectivity index (χ0v) is 54.2. The SMILES string of the molecule is CCCCCCCCCCCCCCCCCCC(=O)OCCCCCCCCCCCCCCCCCCCCCCCCCCCCCCCCC(=O)NC(CO)C(O)CCCCCCCCCCCCCCCCCC. The summed E-state index contributed by atoms with van der Waals surface area (Å²) in [5.74, 6) is -0.00181. The Kier molecular flexibility index (Phi) is 68.4. The van der Waals surface area contributed by atoms with E-state index in [1.807, 2.05) is 0 Å². The maximum absolute atomic E-state index is 12.5. The zero-order valence-electron chi connectivity index (χ0n) is 54.2. The van der Waals surface area contributed by atoms with Crippen molar-refractivity contribution in [2.24, 2.45) is 0 Å². The Morgan fingerprint density at radius 1 is 0.304 bits per heavy atom. The van der Waals surface area contributed by atoms with E-state index in [1.54, 1.807) is 0 Å². The molecular formula is C73H145NO5. The summed E-state index contributed by atoms with van der Waals surface area (Å²) in [4.78, 5) is 24.6. The second-order valence-corrected chi connectivity index (χ2v) is 25.6. The largest absolute Gasteiger partial charge is 0.466 e. The van der Waals surface area contributed by atoms with Crippen molar-refractivity contribution in [3.63, 3.8) is 0 Å². The van der Waals surface area contributed by atoms with Crippen molar-refractivity contribution in [1.82, 2.24) is 5.32 Å². The van der Waals surface area contributed by atoms with Gasteiger partial charge in [0.2, 0.25) is 5.91 Å². The van der Waals surface area contributed by atoms with Gasteiger partial charge in [-0.05, 0) is 25.7 Å². The smallest absolute Gasteiger partial charge is 0.305 e. The quantitative estimate of drug-likeness (QED) is 0.0417. The molecule has 0 spiro atoms. The summed E-state index contributed by atoms with van der Waals surface area (Å²) in [5.41, 5.74) is 0. The molecule has 3 N–H and O–H groups in total. The minimum atomic E-state index is -0.660. The third kappa shape index (κ3) is 65.9. The van der Waals surface area contributed by atoms with Crippen LogP contribution in [0.15, 0.2) is 0 Å². The van der Waals surface area contributed by atoms with Crippen molar-refractivity contribution in [1.29, 1.82) is 0 Å². The first-order chi connectivity index (χ1) is 39.0. The Hall–Kier alpha value is -1.14. The number of unbranched alkanes of at least 4 members (excludes halogenated alkanes) is 59. The highest BCUT2D eigenvalue weighted by atomic mass is 16.5. The normalized spacial score (nSPS) is 12.4. The van der Waals surface area contributed by atoms with Crippen LogP contribution in [0.2, 0.25) is 0 Å². The third-order valence-electron chi connectivity index (χ3n) is 17.7. The molecule has 0 heterocycles. The molecule has 2 atom stereocenters. The highest BCUT2D eigenvalue weighted by Gasteiger charge is 2.20. The Morgan fingerprint density at radius 3 is 0.772 bits per heavy atom. The molecule has 0 aromatic heterocycles. The molecule has 0 bridgehead atoms. The number of carbonyl (C=O) groups is 2. The third-order valence-corrected chi connectivity index (χ3v) is 17.7. The Bertz CT molecular complexity index is 1150. The lowest BCUT2D eigenvalue weighted by molar-refractivity contribution is -0.143. The van der Waals surface area contributed by atoms with Gasteiger partial charge in [0.25, 0.3) is 0 Å². The van der Waals surface area contributed by atoms with Gasteiger partial charge in [-0.25, -0.2) is 0 Å². The second kappa shape index (κ2) is 69.4. The molecule has 472 valence electrons. The van der Waals surface area contributed by atoms with E-state index in [1.165, 1.54) is 360 Å². The van der Waals surface area contributed by atoms with Gasteiger partial charge in [-0.3, -0.25) is 9.59 Å². The molecule has 0 rings (SSSR count). The van der Waals surface area contributed by atoms with Gasteiger partial charge in [0, 0.05) is 12.8 Å². The van der Waals surface area contributed by atoms with Crippen LogP contribution in [0.25, 0.3) is 0 Å². The zero-order chi connectivity index (χ0) is 57.1. The van der Waals surface area contributed by atoms with Crippen LogP contribution in [0.4, 0.5) is 0 Å². The molecule has 0 aromatic rings. The van der Waals surface area contributed by atoms with Crippen LogP contribution in [0, 0.1) is 0 Å². The van der Waals surface area contributed by atoms with Crippen molar-refractivity contribution < 1.29 is 24.5 Å². The number of hydrogen-bond acceptors (Lipinski definition) is 5. The summed E-state index contributed by atoms with van der Waals surface area (Å²) in [5, 5.41) is 23.4. The van der Waals surface area contributed by atoms with Gasteiger partial charge in [0.1, 0.15) is 0 Å². The molecule has 0 saturated carbocycles. The van der Waals surface area contributed by atoms with Crippen LogP contribution in [0.3, 0.4) is 0 Å². The lowest BCUT2D eigenvalue weighted by atomic mass is 10.0. The minimum absolute atomic E-state index is 0.0249. The number of aliphatic hydroxyl groups excluding tert-OH is 2. The Balaban J connectivity index is 3.31. The summed E-state index contributed by atoms with van der Waals surface area (Å²) in [6.07, 6.45) is 84.5. The molecule has 0 radical (unpaired) electrons. The molecule has 6 heteroatoms. The van der Waals surface area contributed by atoms with E-state index in [0.29, 0.717) is 25.9 Å². The first kappa shape index (κ1) is 77.9. The average molecular weight is 1120 g/mol. The summed E-state index contributed by atoms with van der Waals surface area (Å²) in [6, 6.07) is -0.537. The number of amides is 1. The van der Waals surface area contributed by atoms with Crippen molar-refractivity contribution in [3.05, 3.63) is 0 Å². The topological polar surface area (TPSA) is 95.9 Å². The summed E-state index contributed by atoms with van der Waals surface area (Å²) < 4.78 is 5.51. The van der Waals surface area contributed by atoms with Gasteiger partial charge >= 0.3 is 5.97 Å². The van der Waals surface area contributed by atoms with Crippen LogP contribution < -0.4 is 5.32 Å². The summed E-state index contributed by atoms with van der Waals surface area (Å²) in [6.45, 7) is 5.01. The number of hydrogen-bond donors (Lipinski definition) is 3. The van der Waals surface area contributed by atoms with Crippen molar-refractivity contribution in [2.45, 2.75) is 443 Å². The molecule has 1 amide bonds. The highest BCUT2D eigenvalue weighted by molar-refractivity contribution is 5.76. The number of rotatable bonds is 70. The van der Waals surface area contributed by atoms with Crippen LogP contribution in [0.1, 0.15) is 431 Å². The Labute approximate surface area is 496 Å². The second-order valence-electron chi connectivity index (χ2n) is 25.6. The highest BCUT2D eigenvalue weighted by Crippen LogP contribution is 2.20. The predicted molar refractivity (Wildman–Crippen MR) is 347 cm³/mol. The maximum Gasteiger partial charge on any atom is 0.305 e. The number of nitrogens with one attached hydrogen (secondary N) is 1. The van der Waals surface area contributed by atoms with Gasteiger partial charge in [-0.1, -0.05) is 393 Å². The van der Waals surface area contributed by atoms with E-state index in [4.69, 9.17) is 4.74 Å². The molecule has 0 aliphatic heterocycles. The Morgan fingerprint density at radius 2 is 0.519 bits per heavy atom. The lowest BCUT2D eigenvalue weighted by Crippen LogP contribution is -2.45. The predicted octanol–water partition coefficient (Wildman–Crippen LogP) is 23.8. The van der Waals surface area contributed by atoms with Crippen LogP contribution in [0.5, 0.6) is 0 Å². The summed E-state index contributed by atoms with van der Waals surface area (Å²) >= 11 is 0. The van der Waals surface area contributed by atoms with E-state index >= 15 is 0 Å². The van der Waals surface area contributed by atoms with Crippen LogP contribution in [-0.4, -0.2) is 47.4 Å². The molecule has 0 aromatic carbocycles. The molecule has 2 unspecified atom stereocenters. The summed E-state index contributed by atoms with van der Waals surface area (Å²) in [7, 11) is 0. The minimum Gasteiger partial charge on any atom is -0.466 e. The van der Waals surface area contributed by atoms with Gasteiger partial charge in [-0.2, -0.15) is 0 Å². The van der Waals surface area contributed by atoms with E-state index in [9.17, 15) is 19.8 Å². The van der Waals surface area contributed by atoms with E-state index < -0.39 is 12.1 Å². The molecule has 6 nitrogen and oxygen atoms in total. The fraction of sp³-hybridized carbons (Fsp3) is 0.973. The monoisotopic (exact) mass is 1120 g/mol. The van der Waals surface area contributed by atoms with E-state index in [-0.39, 0.29) is 18.5 Å². The molecule has 0 saturated heterocycles. The van der Waals surface area contributed by atoms with E-state index in [0.717, 1.165) is 38.5 Å². The molecular weight excluding hydrogens is 971 g/mol. The van der Waals surface area contributed by atoms with Gasteiger partial charge in [0.15, 0.2) is 0 Å². The van der Waals surface area contributed by atoms with Gasteiger partial charge in [0.05, 0.1) is 25.4 Å². The fourth-order valence-corrected chi connectivity index (χ4v) is 12.1. The lowest BCUT2D eigenvalue weighted by Gasteiger charge is -2.22. The van der Waals surface area contributed by atoms with Crippen LogP contribution >= 0.6 is 0 Å². The van der Waals surface area contributed by atoms with Gasteiger partial charge in [-0.15, -0.1) is 0 Å². The van der Waals surface area contributed by atoms with Crippen molar-refractivity contribution in [3.8, 4) is 0 Å². The van der Waals surface area contributed by atoms with E-state index in [2.05, 4.69) is 19.2 Å². The number of carbonyl (C=O) groups excluding carboxylic acids is 2. The molecule has 0 aliphatic rings. The average Bonchev–Trinajstić information content (AvgIpc) is 3.45. The maximum atomic E-state index is 12.5. The molecule has 79 heavy (non-hydrogen) atoms. The first-order valence-electron chi connectivity index (χ1n) is 36.8. The number of ether oxygens (including phenoxy) is 1. The molecule has 0 fully saturated rings.